The standard InChI is InChI=1S/C20H16ClN3O3/c1-11-6-3-4-9-15(11)24-18-16(17(22-24)12(2)25)19(26)23(20(18)27)14-8-5-7-13(21)10-14/h3-10,16,18H,1-2H3/t16-,18-/m0/s1. The summed E-state index contributed by atoms with van der Waals surface area (Å²) in [5.41, 5.74) is 2.08. The number of para-hydroxylation sites is 1. The Morgan fingerprint density at radius 3 is 2.48 bits per heavy atom. The third-order valence-electron chi connectivity index (χ3n) is 4.84. The van der Waals surface area contributed by atoms with E-state index in [0.717, 1.165) is 10.5 Å². The number of aryl methyl sites for hydroxylation is 1. The summed E-state index contributed by atoms with van der Waals surface area (Å²) in [7, 11) is 0. The fourth-order valence-corrected chi connectivity index (χ4v) is 3.78. The number of hydrogen-bond donors (Lipinski definition) is 0. The number of Topliss-reactive ketones (excluding diaryl/α,β-unsaturated/α-hetero) is 1. The van der Waals surface area contributed by atoms with Crippen LogP contribution in [0.5, 0.6) is 0 Å². The van der Waals surface area contributed by atoms with Gasteiger partial charge in [0, 0.05) is 11.9 Å². The van der Waals surface area contributed by atoms with Crippen LogP contribution in [0.15, 0.2) is 53.6 Å². The maximum atomic E-state index is 13.2. The fourth-order valence-electron chi connectivity index (χ4n) is 3.59. The van der Waals surface area contributed by atoms with Gasteiger partial charge in [-0.3, -0.25) is 19.4 Å². The predicted octanol–water partition coefficient (Wildman–Crippen LogP) is 2.97. The van der Waals surface area contributed by atoms with Crippen molar-refractivity contribution in [1.29, 1.82) is 0 Å². The molecule has 7 heteroatoms. The van der Waals surface area contributed by atoms with Gasteiger partial charge in [0.05, 0.1) is 11.4 Å². The number of imide groups is 1. The van der Waals surface area contributed by atoms with Crippen LogP contribution in [-0.2, 0) is 14.4 Å². The largest absolute Gasteiger partial charge is 0.293 e. The first-order chi connectivity index (χ1) is 12.9. The Labute approximate surface area is 161 Å². The molecule has 0 bridgehead atoms. The SMILES string of the molecule is CC(=O)C1=NN(c2ccccc2C)[C@@H]2C(=O)N(c3cccc(Cl)c3)C(=O)[C@@H]12. The van der Waals surface area contributed by atoms with E-state index in [9.17, 15) is 14.4 Å². The first-order valence-electron chi connectivity index (χ1n) is 8.48. The van der Waals surface area contributed by atoms with Gasteiger partial charge >= 0.3 is 0 Å². The van der Waals surface area contributed by atoms with E-state index in [1.807, 2.05) is 31.2 Å². The minimum absolute atomic E-state index is 0.103. The quantitative estimate of drug-likeness (QED) is 0.766. The van der Waals surface area contributed by atoms with E-state index in [-0.39, 0.29) is 11.5 Å². The zero-order valence-corrected chi connectivity index (χ0v) is 15.5. The molecular formula is C20H16ClN3O3. The highest BCUT2D eigenvalue weighted by atomic mass is 35.5. The van der Waals surface area contributed by atoms with E-state index in [1.165, 1.54) is 11.9 Å². The summed E-state index contributed by atoms with van der Waals surface area (Å²) >= 11 is 6.03. The molecule has 2 aromatic carbocycles. The zero-order valence-electron chi connectivity index (χ0n) is 14.7. The molecular weight excluding hydrogens is 366 g/mol. The van der Waals surface area contributed by atoms with Gasteiger partial charge in [-0.15, -0.1) is 0 Å². The second kappa shape index (κ2) is 6.32. The maximum absolute atomic E-state index is 13.2. The molecule has 2 amide bonds. The molecule has 2 atom stereocenters. The number of rotatable bonds is 3. The molecule has 0 radical (unpaired) electrons. The van der Waals surface area contributed by atoms with Gasteiger partial charge in [0.2, 0.25) is 5.91 Å². The number of hydrazone groups is 1. The number of amides is 2. The smallest absolute Gasteiger partial charge is 0.259 e. The molecule has 1 fully saturated rings. The first-order valence-corrected chi connectivity index (χ1v) is 8.85. The summed E-state index contributed by atoms with van der Waals surface area (Å²) in [5, 5.41) is 6.28. The number of fused-ring (bicyclic) bond motifs is 1. The average Bonchev–Trinajstić information content (AvgIpc) is 3.13. The maximum Gasteiger partial charge on any atom is 0.259 e. The van der Waals surface area contributed by atoms with E-state index in [1.54, 1.807) is 24.3 Å². The van der Waals surface area contributed by atoms with Gasteiger partial charge < -0.3 is 0 Å². The molecule has 6 nitrogen and oxygen atoms in total. The summed E-state index contributed by atoms with van der Waals surface area (Å²) in [6.45, 7) is 3.25. The van der Waals surface area contributed by atoms with Crippen LogP contribution in [0, 0.1) is 12.8 Å². The van der Waals surface area contributed by atoms with E-state index in [2.05, 4.69) is 5.10 Å². The van der Waals surface area contributed by atoms with Crippen LogP contribution in [0.4, 0.5) is 11.4 Å². The molecule has 0 unspecified atom stereocenters. The number of ketones is 1. The minimum Gasteiger partial charge on any atom is -0.293 e. The summed E-state index contributed by atoms with van der Waals surface area (Å²) in [4.78, 5) is 39.5. The van der Waals surface area contributed by atoms with Crippen molar-refractivity contribution in [2.45, 2.75) is 19.9 Å². The Kier molecular flexibility index (Phi) is 4.08. The van der Waals surface area contributed by atoms with Crippen LogP contribution in [-0.4, -0.2) is 29.4 Å². The van der Waals surface area contributed by atoms with Crippen molar-refractivity contribution < 1.29 is 14.4 Å². The van der Waals surface area contributed by atoms with E-state index in [4.69, 9.17) is 11.6 Å². The van der Waals surface area contributed by atoms with Crippen molar-refractivity contribution in [2.24, 2.45) is 11.0 Å². The highest BCUT2D eigenvalue weighted by Gasteiger charge is 2.58. The van der Waals surface area contributed by atoms with Gasteiger partial charge in [0.25, 0.3) is 5.91 Å². The number of nitrogens with zero attached hydrogens (tertiary/aromatic N) is 3. The fraction of sp³-hybridized carbons (Fsp3) is 0.200. The number of carbonyl (C=O) groups excluding carboxylic acids is 3. The first kappa shape index (κ1) is 17.4. The van der Waals surface area contributed by atoms with Gasteiger partial charge in [-0.1, -0.05) is 35.9 Å². The van der Waals surface area contributed by atoms with Crippen molar-refractivity contribution in [3.8, 4) is 0 Å². The number of hydrogen-bond acceptors (Lipinski definition) is 5. The predicted molar refractivity (Wildman–Crippen MR) is 103 cm³/mol. The Morgan fingerprint density at radius 2 is 1.81 bits per heavy atom. The lowest BCUT2D eigenvalue weighted by atomic mass is 9.95. The van der Waals surface area contributed by atoms with Gasteiger partial charge in [0.15, 0.2) is 5.78 Å². The van der Waals surface area contributed by atoms with Gasteiger partial charge in [-0.2, -0.15) is 5.10 Å². The molecule has 2 aliphatic rings. The third-order valence-corrected chi connectivity index (χ3v) is 5.07. The molecule has 2 heterocycles. The molecule has 1 saturated heterocycles. The van der Waals surface area contributed by atoms with Crippen molar-refractivity contribution in [1.82, 2.24) is 0 Å². The number of halogens is 1. The second-order valence-corrected chi connectivity index (χ2v) is 7.02. The van der Waals surface area contributed by atoms with Gasteiger partial charge in [-0.05, 0) is 36.8 Å². The number of anilines is 2. The summed E-state index contributed by atoms with van der Waals surface area (Å²) < 4.78 is 0. The Morgan fingerprint density at radius 1 is 1.07 bits per heavy atom. The molecule has 0 aromatic heterocycles. The van der Waals surface area contributed by atoms with Crippen molar-refractivity contribution in [2.75, 3.05) is 9.91 Å². The lowest BCUT2D eigenvalue weighted by Gasteiger charge is -2.23. The van der Waals surface area contributed by atoms with Gasteiger partial charge in [-0.25, -0.2) is 4.90 Å². The Bertz CT molecular complexity index is 1020. The monoisotopic (exact) mass is 381 g/mol. The van der Waals surface area contributed by atoms with Gasteiger partial charge in [0.1, 0.15) is 17.7 Å². The second-order valence-electron chi connectivity index (χ2n) is 6.59. The van der Waals surface area contributed by atoms with E-state index >= 15 is 0 Å². The van der Waals surface area contributed by atoms with Crippen LogP contribution in [0.2, 0.25) is 5.02 Å². The lowest BCUT2D eigenvalue weighted by molar-refractivity contribution is -0.122. The molecule has 0 spiro atoms. The number of carbonyl (C=O) groups is 3. The van der Waals surface area contributed by atoms with Crippen LogP contribution >= 0.6 is 11.6 Å². The van der Waals surface area contributed by atoms with Crippen molar-refractivity contribution in [3.05, 3.63) is 59.1 Å². The lowest BCUT2D eigenvalue weighted by Crippen LogP contribution is -2.39. The van der Waals surface area contributed by atoms with E-state index < -0.39 is 23.8 Å². The topological polar surface area (TPSA) is 70.1 Å². The molecule has 27 heavy (non-hydrogen) atoms. The van der Waals surface area contributed by atoms with Crippen molar-refractivity contribution >= 4 is 46.3 Å². The molecule has 2 aliphatic heterocycles. The normalized spacial score (nSPS) is 21.5. The number of benzene rings is 2. The third kappa shape index (κ3) is 2.64. The molecule has 0 N–H and O–H groups in total. The molecule has 4 rings (SSSR count). The van der Waals surface area contributed by atoms with Crippen LogP contribution in [0.25, 0.3) is 0 Å². The molecule has 0 aliphatic carbocycles. The average molecular weight is 382 g/mol. The van der Waals surface area contributed by atoms with Crippen LogP contribution in [0.3, 0.4) is 0 Å². The highest BCUT2D eigenvalue weighted by Crippen LogP contribution is 2.39. The Balaban J connectivity index is 1.83. The Hall–Kier alpha value is -2.99. The minimum atomic E-state index is -0.923. The van der Waals surface area contributed by atoms with Crippen LogP contribution in [0.1, 0.15) is 12.5 Å². The summed E-state index contributed by atoms with van der Waals surface area (Å²) in [6, 6.07) is 13.1. The highest BCUT2D eigenvalue weighted by molar-refractivity contribution is 6.49. The molecule has 2 aromatic rings. The van der Waals surface area contributed by atoms with E-state index in [0.29, 0.717) is 16.4 Å². The summed E-state index contributed by atoms with van der Waals surface area (Å²) in [5.74, 6) is -2.13. The molecule has 0 saturated carbocycles. The summed E-state index contributed by atoms with van der Waals surface area (Å²) in [6.07, 6.45) is 0. The zero-order chi connectivity index (χ0) is 19.3. The van der Waals surface area contributed by atoms with Crippen LogP contribution < -0.4 is 9.91 Å². The van der Waals surface area contributed by atoms with Crippen molar-refractivity contribution in [3.63, 3.8) is 0 Å². The molecule has 136 valence electrons.